The van der Waals surface area contributed by atoms with E-state index in [0.717, 1.165) is 6.07 Å². The molecule has 2 rings (SSSR count). The highest BCUT2D eigenvalue weighted by atomic mass is 19.1. The van der Waals surface area contributed by atoms with Gasteiger partial charge in [0.2, 0.25) is 5.88 Å². The molecule has 0 fully saturated rings. The van der Waals surface area contributed by atoms with Crippen LogP contribution in [0.25, 0.3) is 11.3 Å². The molecule has 2 aromatic rings. The normalized spacial score (nSPS) is 10.2. The van der Waals surface area contributed by atoms with Gasteiger partial charge in [0.15, 0.2) is 11.5 Å². The number of rotatable bonds is 3. The second-order valence-corrected chi connectivity index (χ2v) is 3.62. The number of aromatic nitrogens is 2. The topological polar surface area (TPSA) is 98.3 Å². The summed E-state index contributed by atoms with van der Waals surface area (Å²) in [5.41, 5.74) is 4.84. The number of carboxylic acid groups (broad SMARTS) is 1. The first kappa shape index (κ1) is 12.7. The van der Waals surface area contributed by atoms with Gasteiger partial charge in [-0.25, -0.2) is 19.2 Å². The van der Waals surface area contributed by atoms with Crippen LogP contribution in [0.15, 0.2) is 24.4 Å². The van der Waals surface area contributed by atoms with E-state index in [1.54, 1.807) is 6.07 Å². The van der Waals surface area contributed by atoms with Crippen LogP contribution in [0.2, 0.25) is 0 Å². The molecule has 0 aliphatic heterocycles. The number of nitrogen functional groups attached to an aromatic ring is 1. The van der Waals surface area contributed by atoms with Gasteiger partial charge in [-0.1, -0.05) is 0 Å². The number of ether oxygens (including phenoxy) is 1. The molecule has 3 N–H and O–H groups in total. The van der Waals surface area contributed by atoms with Crippen molar-refractivity contribution in [1.29, 1.82) is 0 Å². The lowest BCUT2D eigenvalue weighted by Gasteiger charge is -2.09. The molecule has 0 bridgehead atoms. The number of nitrogens with two attached hydrogens (primary N) is 1. The van der Waals surface area contributed by atoms with Crippen LogP contribution >= 0.6 is 0 Å². The zero-order valence-corrected chi connectivity index (χ0v) is 9.92. The molecule has 0 unspecified atom stereocenters. The van der Waals surface area contributed by atoms with Gasteiger partial charge in [-0.2, -0.15) is 0 Å². The summed E-state index contributed by atoms with van der Waals surface area (Å²) in [6.45, 7) is 0. The fourth-order valence-electron chi connectivity index (χ4n) is 1.60. The predicted octanol–water partition coefficient (Wildman–Crippen LogP) is 1.57. The summed E-state index contributed by atoms with van der Waals surface area (Å²) in [5.74, 6) is -1.93. The van der Waals surface area contributed by atoms with Crippen molar-refractivity contribution < 1.29 is 19.0 Å². The Morgan fingerprint density at radius 2 is 2.26 bits per heavy atom. The molecule has 0 spiro atoms. The molecule has 0 amide bonds. The Morgan fingerprint density at radius 1 is 1.53 bits per heavy atom. The summed E-state index contributed by atoms with van der Waals surface area (Å²) < 4.78 is 18.9. The number of pyridine rings is 2. The summed E-state index contributed by atoms with van der Waals surface area (Å²) in [4.78, 5) is 18.6. The molecular formula is C12H10FN3O3. The van der Waals surface area contributed by atoms with E-state index in [2.05, 4.69) is 9.97 Å². The zero-order valence-electron chi connectivity index (χ0n) is 9.92. The van der Waals surface area contributed by atoms with Crippen molar-refractivity contribution in [2.75, 3.05) is 12.8 Å². The summed E-state index contributed by atoms with van der Waals surface area (Å²) in [7, 11) is 1.37. The van der Waals surface area contributed by atoms with Gasteiger partial charge < -0.3 is 15.6 Å². The van der Waals surface area contributed by atoms with E-state index in [-0.39, 0.29) is 22.8 Å². The zero-order chi connectivity index (χ0) is 14.0. The highest BCUT2D eigenvalue weighted by Gasteiger charge is 2.19. The van der Waals surface area contributed by atoms with Gasteiger partial charge in [0.05, 0.1) is 18.4 Å². The highest BCUT2D eigenvalue weighted by molar-refractivity contribution is 5.92. The van der Waals surface area contributed by atoms with E-state index in [9.17, 15) is 9.18 Å². The Kier molecular flexibility index (Phi) is 3.28. The molecule has 0 saturated heterocycles. The van der Waals surface area contributed by atoms with E-state index in [4.69, 9.17) is 15.6 Å². The Hall–Kier alpha value is -2.70. The maximum atomic E-state index is 13.9. The lowest BCUT2D eigenvalue weighted by Crippen LogP contribution is -2.08. The number of nitrogens with zero attached hydrogens (tertiary/aromatic N) is 2. The van der Waals surface area contributed by atoms with Crippen molar-refractivity contribution in [3.8, 4) is 17.1 Å². The Morgan fingerprint density at radius 3 is 2.89 bits per heavy atom. The van der Waals surface area contributed by atoms with Gasteiger partial charge in [-0.15, -0.1) is 0 Å². The van der Waals surface area contributed by atoms with Gasteiger partial charge in [-0.3, -0.25) is 0 Å². The molecular weight excluding hydrogens is 253 g/mol. The largest absolute Gasteiger partial charge is 0.481 e. The lowest BCUT2D eigenvalue weighted by atomic mass is 10.1. The molecule has 2 heterocycles. The van der Waals surface area contributed by atoms with Crippen LogP contribution in [0.4, 0.5) is 10.1 Å². The predicted molar refractivity (Wildman–Crippen MR) is 65.3 cm³/mol. The lowest BCUT2D eigenvalue weighted by molar-refractivity contribution is 0.0692. The van der Waals surface area contributed by atoms with Crippen LogP contribution in [-0.2, 0) is 0 Å². The van der Waals surface area contributed by atoms with Gasteiger partial charge in [-0.05, 0) is 12.1 Å². The maximum Gasteiger partial charge on any atom is 0.356 e. The van der Waals surface area contributed by atoms with Gasteiger partial charge in [0.1, 0.15) is 5.69 Å². The molecule has 98 valence electrons. The number of carboxylic acids is 1. The molecule has 19 heavy (non-hydrogen) atoms. The molecule has 0 aromatic carbocycles. The number of anilines is 1. The van der Waals surface area contributed by atoms with Crippen molar-refractivity contribution in [2.45, 2.75) is 0 Å². The Bertz CT molecular complexity index is 646. The van der Waals surface area contributed by atoms with Crippen molar-refractivity contribution in [1.82, 2.24) is 9.97 Å². The van der Waals surface area contributed by atoms with Crippen LogP contribution in [0.5, 0.6) is 5.88 Å². The fraction of sp³-hybridized carbons (Fsp3) is 0.0833. The van der Waals surface area contributed by atoms with Crippen molar-refractivity contribution in [3.05, 3.63) is 35.9 Å². The molecule has 7 heteroatoms. The number of hydrogen-bond donors (Lipinski definition) is 2. The third-order valence-electron chi connectivity index (χ3n) is 2.43. The molecule has 0 radical (unpaired) electrons. The smallest absolute Gasteiger partial charge is 0.356 e. The average molecular weight is 263 g/mol. The van der Waals surface area contributed by atoms with Crippen LogP contribution in [0.3, 0.4) is 0 Å². The Labute approximate surface area is 107 Å². The summed E-state index contributed by atoms with van der Waals surface area (Å²) in [5, 5.41) is 8.94. The minimum atomic E-state index is -1.33. The molecule has 0 atom stereocenters. The highest BCUT2D eigenvalue weighted by Crippen LogP contribution is 2.29. The standard InChI is InChI=1S/C12H10FN3O3/c1-19-11-6(3-2-4-15-11)9-7(13)5-8(14)10(16-9)12(17)18/h2-5H,14H2,1H3,(H,17,18). The van der Waals surface area contributed by atoms with Crippen LogP contribution in [0.1, 0.15) is 10.5 Å². The monoisotopic (exact) mass is 263 g/mol. The van der Waals surface area contributed by atoms with E-state index in [1.807, 2.05) is 0 Å². The second kappa shape index (κ2) is 4.89. The summed E-state index contributed by atoms with van der Waals surface area (Å²) in [6.07, 6.45) is 1.47. The van der Waals surface area contributed by atoms with E-state index >= 15 is 0 Å². The SMILES string of the molecule is COc1ncccc1-c1nc(C(=O)O)c(N)cc1F. The first-order valence-corrected chi connectivity index (χ1v) is 5.23. The number of halogens is 1. The van der Waals surface area contributed by atoms with Crippen LogP contribution < -0.4 is 10.5 Å². The van der Waals surface area contributed by atoms with E-state index in [0.29, 0.717) is 0 Å². The van der Waals surface area contributed by atoms with E-state index in [1.165, 1.54) is 19.4 Å². The van der Waals surface area contributed by atoms with Crippen molar-refractivity contribution in [3.63, 3.8) is 0 Å². The van der Waals surface area contributed by atoms with Crippen LogP contribution in [-0.4, -0.2) is 28.2 Å². The molecule has 2 aromatic heterocycles. The minimum Gasteiger partial charge on any atom is -0.481 e. The summed E-state index contributed by atoms with van der Waals surface area (Å²) in [6, 6.07) is 4.01. The number of aromatic carboxylic acids is 1. The number of methoxy groups -OCH3 is 1. The first-order valence-electron chi connectivity index (χ1n) is 5.23. The Balaban J connectivity index is 2.68. The van der Waals surface area contributed by atoms with Crippen molar-refractivity contribution >= 4 is 11.7 Å². The van der Waals surface area contributed by atoms with Gasteiger partial charge in [0, 0.05) is 12.3 Å². The maximum absolute atomic E-state index is 13.9. The first-order chi connectivity index (χ1) is 9.04. The number of carbonyl (C=O) groups is 1. The van der Waals surface area contributed by atoms with Gasteiger partial charge >= 0.3 is 5.97 Å². The van der Waals surface area contributed by atoms with Gasteiger partial charge in [0.25, 0.3) is 0 Å². The molecule has 0 aliphatic carbocycles. The third-order valence-corrected chi connectivity index (χ3v) is 2.43. The summed E-state index contributed by atoms with van der Waals surface area (Å²) >= 11 is 0. The third kappa shape index (κ3) is 2.30. The average Bonchev–Trinajstić information content (AvgIpc) is 2.38. The number of hydrogen-bond acceptors (Lipinski definition) is 5. The fourth-order valence-corrected chi connectivity index (χ4v) is 1.60. The van der Waals surface area contributed by atoms with Crippen LogP contribution in [0, 0.1) is 5.82 Å². The second-order valence-electron chi connectivity index (χ2n) is 3.62. The minimum absolute atomic E-state index is 0.148. The molecule has 6 nitrogen and oxygen atoms in total. The van der Waals surface area contributed by atoms with E-state index < -0.39 is 17.5 Å². The van der Waals surface area contributed by atoms with Crippen molar-refractivity contribution in [2.24, 2.45) is 0 Å². The molecule has 0 aliphatic rings. The molecule has 0 saturated carbocycles. The quantitative estimate of drug-likeness (QED) is 0.872.